The Kier molecular flexibility index (Phi) is 5.81. The molecular weight excluding hydrogens is 276 g/mol. The quantitative estimate of drug-likeness (QED) is 0.870. The van der Waals surface area contributed by atoms with Gasteiger partial charge < -0.3 is 15.6 Å². The molecule has 20 heavy (non-hydrogen) atoms. The Hall–Kier alpha value is -0.650. The van der Waals surface area contributed by atoms with E-state index in [0.717, 1.165) is 23.6 Å². The monoisotopic (exact) mass is 298 g/mol. The van der Waals surface area contributed by atoms with Crippen LogP contribution in [0.15, 0.2) is 24.3 Å². The maximum absolute atomic E-state index is 9.57. The fraction of sp³-hybridized carbons (Fsp3) is 0.600. The highest BCUT2D eigenvalue weighted by atomic mass is 35.5. The lowest BCUT2D eigenvalue weighted by molar-refractivity contribution is -0.0527. The largest absolute Gasteiger partial charge is 0.395 e. The van der Waals surface area contributed by atoms with E-state index in [9.17, 15) is 5.11 Å². The van der Waals surface area contributed by atoms with E-state index < -0.39 is 0 Å². The molecule has 112 valence electrons. The molecule has 1 heterocycles. The molecular formula is C15H23ClN2O2. The standard InChI is InChI=1S/C15H23ClN2O2/c1-2-14(17)15(11-3-5-12(16)6-4-11)18-7-8-20-10-13(18)9-19/h3-6,13-15,19H,2,7-10,17H2,1H3. The summed E-state index contributed by atoms with van der Waals surface area (Å²) in [5.74, 6) is 0. The maximum Gasteiger partial charge on any atom is 0.0645 e. The Morgan fingerprint density at radius 3 is 2.75 bits per heavy atom. The zero-order chi connectivity index (χ0) is 14.5. The smallest absolute Gasteiger partial charge is 0.0645 e. The van der Waals surface area contributed by atoms with Crippen LogP contribution in [0.1, 0.15) is 24.9 Å². The molecule has 2 rings (SSSR count). The van der Waals surface area contributed by atoms with Gasteiger partial charge in [-0.3, -0.25) is 4.90 Å². The van der Waals surface area contributed by atoms with E-state index in [1.807, 2.05) is 24.3 Å². The number of halogens is 1. The molecule has 1 aliphatic heterocycles. The van der Waals surface area contributed by atoms with Crippen molar-refractivity contribution in [1.82, 2.24) is 4.90 Å². The van der Waals surface area contributed by atoms with Gasteiger partial charge in [0.1, 0.15) is 0 Å². The van der Waals surface area contributed by atoms with Gasteiger partial charge in [-0.05, 0) is 24.1 Å². The zero-order valence-corrected chi connectivity index (χ0v) is 12.6. The summed E-state index contributed by atoms with van der Waals surface area (Å²) in [7, 11) is 0. The average molecular weight is 299 g/mol. The zero-order valence-electron chi connectivity index (χ0n) is 11.8. The fourth-order valence-corrected chi connectivity index (χ4v) is 2.89. The SMILES string of the molecule is CCC(N)C(c1ccc(Cl)cc1)N1CCOCC1CO. The van der Waals surface area contributed by atoms with Gasteiger partial charge in [0.05, 0.1) is 31.9 Å². The molecule has 5 heteroatoms. The normalized spacial score (nSPS) is 23.5. The predicted octanol–water partition coefficient (Wildman–Crippen LogP) is 1.81. The van der Waals surface area contributed by atoms with Crippen molar-refractivity contribution < 1.29 is 9.84 Å². The van der Waals surface area contributed by atoms with Gasteiger partial charge in [-0.2, -0.15) is 0 Å². The van der Waals surface area contributed by atoms with Crippen LogP contribution in [-0.2, 0) is 4.74 Å². The first-order valence-corrected chi connectivity index (χ1v) is 7.50. The molecule has 1 saturated heterocycles. The molecule has 0 saturated carbocycles. The van der Waals surface area contributed by atoms with Gasteiger partial charge in [0.2, 0.25) is 0 Å². The number of nitrogens with zero attached hydrogens (tertiary/aromatic N) is 1. The van der Waals surface area contributed by atoms with Gasteiger partial charge in [-0.15, -0.1) is 0 Å². The van der Waals surface area contributed by atoms with Crippen LogP contribution in [0.4, 0.5) is 0 Å². The van der Waals surface area contributed by atoms with Crippen LogP contribution in [0.2, 0.25) is 5.02 Å². The number of benzene rings is 1. The van der Waals surface area contributed by atoms with E-state index >= 15 is 0 Å². The number of ether oxygens (including phenoxy) is 1. The average Bonchev–Trinajstić information content (AvgIpc) is 2.49. The number of morpholine rings is 1. The topological polar surface area (TPSA) is 58.7 Å². The summed E-state index contributed by atoms with van der Waals surface area (Å²) < 4.78 is 5.46. The summed E-state index contributed by atoms with van der Waals surface area (Å²) >= 11 is 5.97. The second-order valence-electron chi connectivity index (χ2n) is 5.22. The van der Waals surface area contributed by atoms with Crippen molar-refractivity contribution >= 4 is 11.6 Å². The highest BCUT2D eigenvalue weighted by Gasteiger charge is 2.33. The predicted molar refractivity (Wildman–Crippen MR) is 80.9 cm³/mol. The summed E-state index contributed by atoms with van der Waals surface area (Å²) in [6, 6.07) is 7.92. The van der Waals surface area contributed by atoms with Crippen LogP contribution < -0.4 is 5.73 Å². The first-order chi connectivity index (χ1) is 9.67. The van der Waals surface area contributed by atoms with Crippen molar-refractivity contribution in [3.8, 4) is 0 Å². The van der Waals surface area contributed by atoms with Gasteiger partial charge in [0, 0.05) is 17.6 Å². The van der Waals surface area contributed by atoms with E-state index in [0.29, 0.717) is 13.2 Å². The van der Waals surface area contributed by atoms with Crippen LogP contribution >= 0.6 is 11.6 Å². The third-order valence-corrected chi connectivity index (χ3v) is 4.18. The molecule has 1 aromatic rings. The van der Waals surface area contributed by atoms with Crippen LogP contribution in [-0.4, -0.2) is 48.5 Å². The minimum absolute atomic E-state index is 0.00188. The third kappa shape index (κ3) is 3.51. The summed E-state index contributed by atoms with van der Waals surface area (Å²) in [6.07, 6.45) is 0.878. The maximum atomic E-state index is 9.57. The Bertz CT molecular complexity index is 413. The molecule has 1 aromatic carbocycles. The van der Waals surface area contributed by atoms with Crippen molar-refractivity contribution in [2.45, 2.75) is 31.5 Å². The van der Waals surface area contributed by atoms with Crippen LogP contribution in [0.3, 0.4) is 0 Å². The minimum Gasteiger partial charge on any atom is -0.395 e. The molecule has 1 fully saturated rings. The van der Waals surface area contributed by atoms with Gasteiger partial charge in [-0.25, -0.2) is 0 Å². The van der Waals surface area contributed by atoms with Gasteiger partial charge in [0.25, 0.3) is 0 Å². The lowest BCUT2D eigenvalue weighted by atomic mass is 9.94. The lowest BCUT2D eigenvalue weighted by Crippen LogP contribution is -2.53. The van der Waals surface area contributed by atoms with Gasteiger partial charge in [-0.1, -0.05) is 30.7 Å². The van der Waals surface area contributed by atoms with E-state index in [1.54, 1.807) is 0 Å². The molecule has 3 atom stereocenters. The van der Waals surface area contributed by atoms with Crippen molar-refractivity contribution in [2.75, 3.05) is 26.4 Å². The molecule has 0 aromatic heterocycles. The minimum atomic E-state index is 0.00188. The summed E-state index contributed by atoms with van der Waals surface area (Å²) in [4.78, 5) is 2.26. The fourth-order valence-electron chi connectivity index (χ4n) is 2.76. The third-order valence-electron chi connectivity index (χ3n) is 3.93. The van der Waals surface area contributed by atoms with Crippen molar-refractivity contribution in [3.63, 3.8) is 0 Å². The highest BCUT2D eigenvalue weighted by Crippen LogP contribution is 2.29. The molecule has 4 nitrogen and oxygen atoms in total. The first-order valence-electron chi connectivity index (χ1n) is 7.12. The number of aliphatic hydroxyl groups is 1. The Morgan fingerprint density at radius 2 is 2.15 bits per heavy atom. The molecule has 0 spiro atoms. The highest BCUT2D eigenvalue weighted by molar-refractivity contribution is 6.30. The Balaban J connectivity index is 2.28. The first kappa shape index (κ1) is 15.7. The molecule has 0 amide bonds. The number of rotatable bonds is 5. The summed E-state index contributed by atoms with van der Waals surface area (Å²) in [5, 5.41) is 10.3. The molecule has 0 bridgehead atoms. The Labute approximate surface area is 125 Å². The molecule has 3 unspecified atom stereocenters. The second kappa shape index (κ2) is 7.38. The van der Waals surface area contributed by atoms with Crippen molar-refractivity contribution in [3.05, 3.63) is 34.9 Å². The molecule has 3 N–H and O–H groups in total. The van der Waals surface area contributed by atoms with Gasteiger partial charge in [0.15, 0.2) is 0 Å². The second-order valence-corrected chi connectivity index (χ2v) is 5.65. The molecule has 0 radical (unpaired) electrons. The lowest BCUT2D eigenvalue weighted by Gasteiger charge is -2.42. The number of nitrogens with two attached hydrogens (primary N) is 1. The van der Waals surface area contributed by atoms with Crippen LogP contribution in [0.5, 0.6) is 0 Å². The van der Waals surface area contributed by atoms with E-state index in [4.69, 9.17) is 22.1 Å². The molecule has 0 aliphatic carbocycles. The van der Waals surface area contributed by atoms with Crippen molar-refractivity contribution in [2.24, 2.45) is 5.73 Å². The number of hydrogen-bond donors (Lipinski definition) is 2. The number of aliphatic hydroxyl groups excluding tert-OH is 1. The van der Waals surface area contributed by atoms with E-state index in [1.165, 1.54) is 0 Å². The summed E-state index contributed by atoms with van der Waals surface area (Å²) in [5.41, 5.74) is 7.48. The van der Waals surface area contributed by atoms with Crippen LogP contribution in [0.25, 0.3) is 0 Å². The van der Waals surface area contributed by atoms with Crippen molar-refractivity contribution in [1.29, 1.82) is 0 Å². The summed E-state index contributed by atoms with van der Waals surface area (Å²) in [6.45, 7) is 4.18. The van der Waals surface area contributed by atoms with E-state index in [2.05, 4.69) is 11.8 Å². The van der Waals surface area contributed by atoms with E-state index in [-0.39, 0.29) is 24.7 Å². The van der Waals surface area contributed by atoms with Gasteiger partial charge >= 0.3 is 0 Å². The molecule has 1 aliphatic rings. The number of hydrogen-bond acceptors (Lipinski definition) is 4. The van der Waals surface area contributed by atoms with Crippen LogP contribution in [0, 0.1) is 0 Å². The Morgan fingerprint density at radius 1 is 1.45 bits per heavy atom.